The van der Waals surface area contributed by atoms with E-state index in [1.165, 1.54) is 6.08 Å². The van der Waals surface area contributed by atoms with Crippen molar-refractivity contribution in [2.45, 2.75) is 5.92 Å². The van der Waals surface area contributed by atoms with Crippen molar-refractivity contribution in [1.82, 2.24) is 4.98 Å². The Balaban J connectivity index is 2.40. The third-order valence-electron chi connectivity index (χ3n) is 2.33. The van der Waals surface area contributed by atoms with Crippen molar-refractivity contribution in [3.05, 3.63) is 35.7 Å². The van der Waals surface area contributed by atoms with E-state index in [0.717, 1.165) is 0 Å². The van der Waals surface area contributed by atoms with Gasteiger partial charge in [0.2, 0.25) is 5.91 Å². The van der Waals surface area contributed by atoms with Crippen LogP contribution in [0.3, 0.4) is 0 Å². The van der Waals surface area contributed by atoms with Gasteiger partial charge in [-0.2, -0.15) is 0 Å². The fourth-order valence-corrected chi connectivity index (χ4v) is 1.54. The summed E-state index contributed by atoms with van der Waals surface area (Å²) in [5, 5.41) is 2.59. The van der Waals surface area contributed by atoms with Crippen molar-refractivity contribution in [3.63, 3.8) is 0 Å². The zero-order chi connectivity index (χ0) is 11.7. The molecule has 0 saturated carbocycles. The zero-order valence-corrected chi connectivity index (χ0v) is 8.31. The molecule has 1 aliphatic heterocycles. The van der Waals surface area contributed by atoms with Gasteiger partial charge in [-0.15, -0.1) is 0 Å². The molecule has 0 spiro atoms. The first-order chi connectivity index (χ1) is 7.59. The summed E-state index contributed by atoms with van der Waals surface area (Å²) in [4.78, 5) is 26.4. The molecule has 0 saturated heterocycles. The molecule has 2 rings (SSSR count). The topological polar surface area (TPSA) is 111 Å². The van der Waals surface area contributed by atoms with Gasteiger partial charge in [-0.25, -0.2) is 4.98 Å². The molecule has 6 nitrogen and oxygen atoms in total. The van der Waals surface area contributed by atoms with E-state index < -0.39 is 11.8 Å². The lowest BCUT2D eigenvalue weighted by Gasteiger charge is -2.02. The molecule has 2 heterocycles. The normalized spacial score (nSPS) is 19.1. The van der Waals surface area contributed by atoms with Gasteiger partial charge in [-0.05, 0) is 12.1 Å². The Kier molecular flexibility index (Phi) is 2.32. The van der Waals surface area contributed by atoms with Crippen LogP contribution in [0, 0.1) is 0 Å². The highest BCUT2D eigenvalue weighted by molar-refractivity contribution is 6.04. The van der Waals surface area contributed by atoms with Crippen LogP contribution in [0.2, 0.25) is 0 Å². The van der Waals surface area contributed by atoms with Crippen LogP contribution in [0.25, 0.3) is 0 Å². The minimum Gasteiger partial charge on any atom is -0.395 e. The zero-order valence-electron chi connectivity index (χ0n) is 8.31. The maximum absolute atomic E-state index is 11.6. The predicted octanol–water partition coefficient (Wildman–Crippen LogP) is -0.555. The molecule has 1 aromatic rings. The molecule has 16 heavy (non-hydrogen) atoms. The van der Waals surface area contributed by atoms with Gasteiger partial charge < -0.3 is 16.8 Å². The Hall–Kier alpha value is -2.37. The van der Waals surface area contributed by atoms with E-state index in [0.29, 0.717) is 11.4 Å². The van der Waals surface area contributed by atoms with Crippen molar-refractivity contribution in [2.24, 2.45) is 11.5 Å². The molecule has 1 aromatic heterocycles. The lowest BCUT2D eigenvalue weighted by atomic mass is 10.0. The molecule has 1 atom stereocenters. The number of nitrogens with two attached hydrogens (primary N) is 2. The van der Waals surface area contributed by atoms with Crippen LogP contribution in [0.15, 0.2) is 30.1 Å². The highest BCUT2D eigenvalue weighted by Crippen LogP contribution is 2.31. The summed E-state index contributed by atoms with van der Waals surface area (Å²) in [6, 6.07) is 3.45. The summed E-state index contributed by atoms with van der Waals surface area (Å²) < 4.78 is 0. The molecule has 6 heteroatoms. The van der Waals surface area contributed by atoms with Gasteiger partial charge in [0.15, 0.2) is 0 Å². The Morgan fingerprint density at radius 3 is 2.94 bits per heavy atom. The molecule has 0 fully saturated rings. The summed E-state index contributed by atoms with van der Waals surface area (Å²) in [5.74, 6) is -1.12. The quantitative estimate of drug-likeness (QED) is 0.578. The van der Waals surface area contributed by atoms with E-state index in [1.54, 1.807) is 18.3 Å². The number of carbonyl (C=O) groups excluding carboxylic acids is 2. The highest BCUT2D eigenvalue weighted by Gasteiger charge is 2.30. The third kappa shape index (κ3) is 1.60. The van der Waals surface area contributed by atoms with E-state index in [-0.39, 0.29) is 11.6 Å². The first-order valence-electron chi connectivity index (χ1n) is 4.62. The van der Waals surface area contributed by atoms with Crippen LogP contribution in [0.5, 0.6) is 0 Å². The number of rotatable bonds is 2. The fraction of sp³-hybridized carbons (Fsp3) is 0.100. The van der Waals surface area contributed by atoms with Crippen LogP contribution in [-0.4, -0.2) is 16.8 Å². The first-order valence-corrected chi connectivity index (χ1v) is 4.62. The summed E-state index contributed by atoms with van der Waals surface area (Å²) in [6.07, 6.45) is 2.91. The molecule has 2 amide bonds. The number of aromatic nitrogens is 1. The van der Waals surface area contributed by atoms with Crippen molar-refractivity contribution in [3.8, 4) is 0 Å². The van der Waals surface area contributed by atoms with Crippen molar-refractivity contribution in [1.29, 1.82) is 0 Å². The maximum Gasteiger partial charge on any atom is 0.264 e. The van der Waals surface area contributed by atoms with E-state index in [9.17, 15) is 9.59 Å². The molecule has 0 radical (unpaired) electrons. The average Bonchev–Trinajstić information content (AvgIpc) is 2.55. The average molecular weight is 218 g/mol. The molecule has 5 N–H and O–H groups in total. The second kappa shape index (κ2) is 3.65. The number of anilines is 1. The fourth-order valence-electron chi connectivity index (χ4n) is 1.54. The van der Waals surface area contributed by atoms with Gasteiger partial charge in [0.05, 0.1) is 11.6 Å². The molecule has 0 bridgehead atoms. The minimum absolute atomic E-state index is 0.128. The Morgan fingerprint density at radius 1 is 1.50 bits per heavy atom. The molecule has 1 aliphatic rings. The van der Waals surface area contributed by atoms with Gasteiger partial charge in [-0.1, -0.05) is 6.07 Å². The van der Waals surface area contributed by atoms with Crippen molar-refractivity contribution in [2.75, 3.05) is 5.32 Å². The molecular weight excluding hydrogens is 208 g/mol. The monoisotopic (exact) mass is 218 g/mol. The minimum atomic E-state index is -0.745. The summed E-state index contributed by atoms with van der Waals surface area (Å²) in [5.41, 5.74) is 11.0. The number of carbonyl (C=O) groups is 2. The number of hydrogen-bond acceptors (Lipinski definition) is 4. The van der Waals surface area contributed by atoms with Gasteiger partial charge in [0.25, 0.3) is 5.91 Å². The number of hydrogen-bond donors (Lipinski definition) is 3. The number of nitrogens with one attached hydrogen (secondary N) is 1. The standard InChI is InChI=1S/C10H10N4O2/c11-7(8(12)15)4-6-5-2-1-3-13-9(5)14-10(6)16/h1-4,6H,11H2,(H2,12,15)(H,13,14,16). The Morgan fingerprint density at radius 2 is 2.25 bits per heavy atom. The van der Waals surface area contributed by atoms with Crippen LogP contribution in [-0.2, 0) is 9.59 Å². The lowest BCUT2D eigenvalue weighted by Crippen LogP contribution is -2.22. The first kappa shape index (κ1) is 10.2. The van der Waals surface area contributed by atoms with Gasteiger partial charge in [0.1, 0.15) is 5.82 Å². The summed E-state index contributed by atoms with van der Waals surface area (Å²) in [6.45, 7) is 0. The van der Waals surface area contributed by atoms with E-state index in [1.807, 2.05) is 0 Å². The predicted molar refractivity (Wildman–Crippen MR) is 57.1 cm³/mol. The Labute approximate surface area is 91.3 Å². The SMILES string of the molecule is NC(=O)C(N)=CC1C(=O)Nc2ncccc21. The number of pyridine rings is 1. The second-order valence-corrected chi connectivity index (χ2v) is 3.39. The third-order valence-corrected chi connectivity index (χ3v) is 2.33. The lowest BCUT2D eigenvalue weighted by molar-refractivity contribution is -0.116. The van der Waals surface area contributed by atoms with Crippen LogP contribution in [0.1, 0.15) is 11.5 Å². The summed E-state index contributed by atoms with van der Waals surface area (Å²) >= 11 is 0. The molecule has 82 valence electrons. The van der Waals surface area contributed by atoms with Crippen molar-refractivity contribution < 1.29 is 9.59 Å². The molecule has 1 unspecified atom stereocenters. The number of primary amides is 1. The van der Waals surface area contributed by atoms with E-state index in [4.69, 9.17) is 11.5 Å². The van der Waals surface area contributed by atoms with Crippen LogP contribution in [0.4, 0.5) is 5.82 Å². The van der Waals surface area contributed by atoms with E-state index >= 15 is 0 Å². The second-order valence-electron chi connectivity index (χ2n) is 3.39. The van der Waals surface area contributed by atoms with Gasteiger partial charge >= 0.3 is 0 Å². The molecule has 0 aliphatic carbocycles. The largest absolute Gasteiger partial charge is 0.395 e. The number of amides is 2. The number of fused-ring (bicyclic) bond motifs is 1. The smallest absolute Gasteiger partial charge is 0.264 e. The van der Waals surface area contributed by atoms with Crippen molar-refractivity contribution >= 4 is 17.6 Å². The molecular formula is C10H10N4O2. The van der Waals surface area contributed by atoms with E-state index in [2.05, 4.69) is 10.3 Å². The highest BCUT2D eigenvalue weighted by atomic mass is 16.2. The van der Waals surface area contributed by atoms with Crippen LogP contribution >= 0.6 is 0 Å². The summed E-state index contributed by atoms with van der Waals surface area (Å²) in [7, 11) is 0. The van der Waals surface area contributed by atoms with Gasteiger partial charge in [-0.3, -0.25) is 9.59 Å². The van der Waals surface area contributed by atoms with Gasteiger partial charge in [0, 0.05) is 11.8 Å². The maximum atomic E-state index is 11.6. The Bertz CT molecular complexity index is 495. The molecule has 0 aromatic carbocycles. The van der Waals surface area contributed by atoms with Crippen LogP contribution < -0.4 is 16.8 Å². The number of nitrogens with zero attached hydrogens (tertiary/aromatic N) is 1.